The van der Waals surface area contributed by atoms with Crippen LogP contribution in [0.4, 0.5) is 13.2 Å². The highest BCUT2D eigenvalue weighted by Crippen LogP contribution is 2.37. The van der Waals surface area contributed by atoms with Crippen LogP contribution < -0.4 is 10.6 Å². The standard InChI is InChI=1S/C14H18F3N3O2S/c1-8(10(21)20-13(2,3)4)19-11(22)9-6-5-7-18-12(9)23-14(15,16)17/h5-8H,1-4H3,(H,19,22)(H,20,21). The van der Waals surface area contributed by atoms with Crippen molar-refractivity contribution in [2.24, 2.45) is 0 Å². The summed E-state index contributed by atoms with van der Waals surface area (Å²) in [7, 11) is 0. The van der Waals surface area contributed by atoms with Crippen molar-refractivity contribution in [1.29, 1.82) is 0 Å². The zero-order chi connectivity index (χ0) is 17.8. The van der Waals surface area contributed by atoms with Gasteiger partial charge in [0.1, 0.15) is 11.1 Å². The summed E-state index contributed by atoms with van der Waals surface area (Å²) in [6.45, 7) is 6.78. The molecular weight excluding hydrogens is 331 g/mol. The molecule has 1 atom stereocenters. The maximum Gasteiger partial charge on any atom is 0.447 e. The fraction of sp³-hybridized carbons (Fsp3) is 0.500. The molecule has 9 heteroatoms. The second-order valence-corrected chi connectivity index (χ2v) is 6.89. The van der Waals surface area contributed by atoms with Crippen LogP contribution in [-0.4, -0.2) is 33.9 Å². The van der Waals surface area contributed by atoms with Crippen LogP contribution in [0, 0.1) is 0 Å². The van der Waals surface area contributed by atoms with E-state index >= 15 is 0 Å². The number of hydrogen-bond acceptors (Lipinski definition) is 4. The monoisotopic (exact) mass is 349 g/mol. The second kappa shape index (κ2) is 7.20. The van der Waals surface area contributed by atoms with Gasteiger partial charge in [-0.05, 0) is 39.8 Å². The molecule has 0 saturated carbocycles. The number of carbonyl (C=O) groups excluding carboxylic acids is 2. The predicted molar refractivity (Wildman–Crippen MR) is 81.0 cm³/mol. The zero-order valence-corrected chi connectivity index (χ0v) is 13.9. The van der Waals surface area contributed by atoms with Gasteiger partial charge in [0.2, 0.25) is 5.91 Å². The number of halogens is 3. The molecule has 0 fully saturated rings. The zero-order valence-electron chi connectivity index (χ0n) is 13.1. The van der Waals surface area contributed by atoms with Gasteiger partial charge in [-0.1, -0.05) is 0 Å². The number of aromatic nitrogens is 1. The van der Waals surface area contributed by atoms with Gasteiger partial charge in [-0.3, -0.25) is 9.59 Å². The average molecular weight is 349 g/mol. The van der Waals surface area contributed by atoms with Crippen molar-refractivity contribution in [3.05, 3.63) is 23.9 Å². The molecule has 0 saturated heterocycles. The Kier molecular flexibility index (Phi) is 6.04. The Morgan fingerprint density at radius 1 is 1.26 bits per heavy atom. The van der Waals surface area contributed by atoms with E-state index in [1.807, 2.05) is 0 Å². The van der Waals surface area contributed by atoms with Crippen LogP contribution in [0.25, 0.3) is 0 Å². The molecule has 0 aliphatic heterocycles. The number of amides is 2. The van der Waals surface area contributed by atoms with E-state index in [1.165, 1.54) is 25.3 Å². The molecule has 0 spiro atoms. The van der Waals surface area contributed by atoms with E-state index < -0.39 is 45.7 Å². The van der Waals surface area contributed by atoms with Crippen LogP contribution in [0.1, 0.15) is 38.1 Å². The van der Waals surface area contributed by atoms with Crippen molar-refractivity contribution in [1.82, 2.24) is 15.6 Å². The van der Waals surface area contributed by atoms with Gasteiger partial charge < -0.3 is 10.6 Å². The minimum Gasteiger partial charge on any atom is -0.350 e. The summed E-state index contributed by atoms with van der Waals surface area (Å²) < 4.78 is 37.5. The van der Waals surface area contributed by atoms with E-state index in [0.29, 0.717) is 0 Å². The molecule has 1 heterocycles. The number of thioether (sulfide) groups is 1. The molecule has 0 bridgehead atoms. The largest absolute Gasteiger partial charge is 0.447 e. The molecule has 1 aromatic heterocycles. The Morgan fingerprint density at radius 3 is 2.39 bits per heavy atom. The molecule has 0 aromatic carbocycles. The fourth-order valence-electron chi connectivity index (χ4n) is 1.57. The molecule has 1 aromatic rings. The van der Waals surface area contributed by atoms with Gasteiger partial charge in [-0.2, -0.15) is 13.2 Å². The molecular formula is C14H18F3N3O2S. The number of carbonyl (C=O) groups is 2. The van der Waals surface area contributed by atoms with E-state index in [9.17, 15) is 22.8 Å². The van der Waals surface area contributed by atoms with Gasteiger partial charge in [0.15, 0.2) is 0 Å². The normalized spacial score (nSPS) is 13.3. The molecule has 0 aliphatic carbocycles. The lowest BCUT2D eigenvalue weighted by Gasteiger charge is -2.23. The van der Waals surface area contributed by atoms with E-state index in [-0.39, 0.29) is 5.56 Å². The van der Waals surface area contributed by atoms with Gasteiger partial charge in [0, 0.05) is 23.5 Å². The van der Waals surface area contributed by atoms with E-state index in [1.54, 1.807) is 20.8 Å². The smallest absolute Gasteiger partial charge is 0.350 e. The van der Waals surface area contributed by atoms with Crippen molar-refractivity contribution in [3.8, 4) is 0 Å². The van der Waals surface area contributed by atoms with Crippen LogP contribution in [0.15, 0.2) is 23.4 Å². The van der Waals surface area contributed by atoms with Crippen LogP contribution >= 0.6 is 11.8 Å². The number of hydrogen-bond donors (Lipinski definition) is 2. The molecule has 128 valence electrons. The van der Waals surface area contributed by atoms with E-state index in [0.717, 1.165) is 0 Å². The summed E-state index contributed by atoms with van der Waals surface area (Å²) in [5, 5.41) is 4.59. The quantitative estimate of drug-likeness (QED) is 0.820. The number of alkyl halides is 3. The Hall–Kier alpha value is -1.77. The number of nitrogens with one attached hydrogen (secondary N) is 2. The van der Waals surface area contributed by atoms with Crippen LogP contribution in [-0.2, 0) is 4.79 Å². The second-order valence-electron chi connectivity index (χ2n) is 5.84. The summed E-state index contributed by atoms with van der Waals surface area (Å²) in [6, 6.07) is 1.69. The molecule has 1 rings (SSSR count). The molecule has 2 amide bonds. The third-order valence-corrected chi connectivity index (χ3v) is 3.22. The first-order valence-corrected chi connectivity index (χ1v) is 7.54. The Morgan fingerprint density at radius 2 is 1.87 bits per heavy atom. The van der Waals surface area contributed by atoms with Gasteiger partial charge in [-0.25, -0.2) is 4.98 Å². The molecule has 1 unspecified atom stereocenters. The molecule has 23 heavy (non-hydrogen) atoms. The third kappa shape index (κ3) is 6.89. The highest BCUT2D eigenvalue weighted by Gasteiger charge is 2.32. The lowest BCUT2D eigenvalue weighted by Crippen LogP contribution is -2.50. The molecule has 2 N–H and O–H groups in total. The van der Waals surface area contributed by atoms with Crippen LogP contribution in [0.5, 0.6) is 0 Å². The number of rotatable bonds is 4. The fourth-order valence-corrected chi connectivity index (χ4v) is 2.18. The first kappa shape index (κ1) is 19.3. The Bertz CT molecular complexity index is 585. The summed E-state index contributed by atoms with van der Waals surface area (Å²) in [5.74, 6) is -1.22. The van der Waals surface area contributed by atoms with Crippen molar-refractivity contribution in [2.45, 2.75) is 49.8 Å². The lowest BCUT2D eigenvalue weighted by molar-refractivity contribution is -0.124. The minimum atomic E-state index is -4.56. The summed E-state index contributed by atoms with van der Waals surface area (Å²) in [5.41, 5.74) is -5.27. The van der Waals surface area contributed by atoms with Gasteiger partial charge >= 0.3 is 5.51 Å². The van der Waals surface area contributed by atoms with Crippen molar-refractivity contribution in [2.75, 3.05) is 0 Å². The number of nitrogens with zero attached hydrogens (tertiary/aromatic N) is 1. The van der Waals surface area contributed by atoms with Gasteiger partial charge in [-0.15, -0.1) is 0 Å². The summed E-state index contributed by atoms with van der Waals surface area (Å²) in [6.07, 6.45) is 1.17. The predicted octanol–water partition coefficient (Wildman–Crippen LogP) is 2.73. The number of pyridine rings is 1. The lowest BCUT2D eigenvalue weighted by atomic mass is 10.1. The summed E-state index contributed by atoms with van der Waals surface area (Å²) >= 11 is -0.471. The van der Waals surface area contributed by atoms with Gasteiger partial charge in [0.05, 0.1) is 5.56 Å². The summed E-state index contributed by atoms with van der Waals surface area (Å²) in [4.78, 5) is 27.6. The molecule has 0 aliphatic rings. The van der Waals surface area contributed by atoms with Crippen molar-refractivity contribution >= 4 is 23.6 Å². The average Bonchev–Trinajstić information content (AvgIpc) is 2.35. The van der Waals surface area contributed by atoms with E-state index in [2.05, 4.69) is 15.6 Å². The first-order chi connectivity index (χ1) is 10.4. The molecule has 5 nitrogen and oxygen atoms in total. The highest BCUT2D eigenvalue weighted by atomic mass is 32.2. The minimum absolute atomic E-state index is 0.231. The van der Waals surface area contributed by atoms with Crippen molar-refractivity contribution < 1.29 is 22.8 Å². The topological polar surface area (TPSA) is 71.1 Å². The third-order valence-electron chi connectivity index (χ3n) is 2.47. The molecule has 0 radical (unpaired) electrons. The van der Waals surface area contributed by atoms with E-state index in [4.69, 9.17) is 0 Å². The Balaban J connectivity index is 2.84. The maximum atomic E-state index is 12.5. The van der Waals surface area contributed by atoms with Crippen LogP contribution in [0.2, 0.25) is 0 Å². The van der Waals surface area contributed by atoms with Crippen molar-refractivity contribution in [3.63, 3.8) is 0 Å². The highest BCUT2D eigenvalue weighted by molar-refractivity contribution is 8.00. The maximum absolute atomic E-state index is 12.5. The SMILES string of the molecule is CC(NC(=O)c1cccnc1SC(F)(F)F)C(=O)NC(C)(C)C. The van der Waals surface area contributed by atoms with Crippen LogP contribution in [0.3, 0.4) is 0 Å². The Labute approximate surface area is 136 Å². The first-order valence-electron chi connectivity index (χ1n) is 6.73. The van der Waals surface area contributed by atoms with Gasteiger partial charge in [0.25, 0.3) is 5.91 Å².